The summed E-state index contributed by atoms with van der Waals surface area (Å²) < 4.78 is 0. The van der Waals surface area contributed by atoms with Crippen molar-refractivity contribution in [3.63, 3.8) is 0 Å². The zero-order valence-corrected chi connectivity index (χ0v) is 21.4. The molecule has 1 amide bonds. The van der Waals surface area contributed by atoms with Crippen LogP contribution in [0.25, 0.3) is 0 Å². The molecule has 3 fully saturated rings. The minimum Gasteiger partial charge on any atom is -0.370 e. The Hall–Kier alpha value is -1.51. The smallest absolute Gasteiger partial charge is 0.222 e. The number of hydrogen-bond donors (Lipinski definition) is 0. The number of benzene rings is 1. The van der Waals surface area contributed by atoms with Gasteiger partial charge in [-0.1, -0.05) is 60.6 Å². The first-order valence-electron chi connectivity index (χ1n) is 13.1. The standard InChI is InChI=1S/C24H36N2O.2C2H6/c1-4-19-5-7-22(8-6-19)26-16-24(17-26)14-20(15-24)13-23(27)25-11-9-21(10-12-25)18(2)3;2*1-2/h5-8,18,20-21H,4,9-17H2,1-3H3;2*1-2H3. The van der Waals surface area contributed by atoms with E-state index in [0.29, 0.717) is 17.2 Å². The van der Waals surface area contributed by atoms with Gasteiger partial charge in [-0.05, 0) is 67.6 Å². The Labute approximate surface area is 192 Å². The van der Waals surface area contributed by atoms with Crippen molar-refractivity contribution in [2.45, 2.75) is 87.0 Å². The van der Waals surface area contributed by atoms with E-state index in [-0.39, 0.29) is 0 Å². The molecule has 0 radical (unpaired) electrons. The average molecular weight is 429 g/mol. The second-order valence-corrected chi connectivity index (χ2v) is 9.82. The molecular weight excluding hydrogens is 380 g/mol. The van der Waals surface area contributed by atoms with Gasteiger partial charge in [-0.2, -0.15) is 0 Å². The Morgan fingerprint density at radius 2 is 1.55 bits per heavy atom. The fourth-order valence-corrected chi connectivity index (χ4v) is 5.65. The molecule has 1 aromatic carbocycles. The van der Waals surface area contributed by atoms with Gasteiger partial charge in [-0.25, -0.2) is 0 Å². The van der Waals surface area contributed by atoms with Crippen molar-refractivity contribution in [1.29, 1.82) is 0 Å². The van der Waals surface area contributed by atoms with E-state index in [1.165, 1.54) is 50.0 Å². The molecule has 0 aromatic heterocycles. The number of hydrogen-bond acceptors (Lipinski definition) is 2. The van der Waals surface area contributed by atoms with Gasteiger partial charge in [0.1, 0.15) is 0 Å². The fourth-order valence-electron chi connectivity index (χ4n) is 5.65. The molecule has 1 saturated carbocycles. The molecule has 0 unspecified atom stereocenters. The molecule has 3 aliphatic rings. The van der Waals surface area contributed by atoms with E-state index in [9.17, 15) is 4.79 Å². The van der Waals surface area contributed by atoms with Crippen molar-refractivity contribution >= 4 is 11.6 Å². The predicted octanol–water partition coefficient (Wildman–Crippen LogP) is 6.80. The lowest BCUT2D eigenvalue weighted by atomic mass is 9.57. The van der Waals surface area contributed by atoms with Gasteiger partial charge < -0.3 is 9.80 Å². The molecule has 1 aliphatic carbocycles. The number of amides is 1. The topological polar surface area (TPSA) is 23.6 Å². The number of carbonyl (C=O) groups excluding carboxylic acids is 1. The van der Waals surface area contributed by atoms with Gasteiger partial charge in [0.25, 0.3) is 0 Å². The third-order valence-corrected chi connectivity index (χ3v) is 7.50. The Bertz CT molecular complexity index is 644. The van der Waals surface area contributed by atoms with E-state index in [4.69, 9.17) is 0 Å². The Morgan fingerprint density at radius 1 is 1.00 bits per heavy atom. The molecule has 2 saturated heterocycles. The average Bonchev–Trinajstić information content (AvgIpc) is 2.77. The maximum atomic E-state index is 12.7. The Balaban J connectivity index is 0.000000807. The Morgan fingerprint density at radius 3 is 2.03 bits per heavy atom. The lowest BCUT2D eigenvalue weighted by molar-refractivity contribution is -0.136. The number of rotatable bonds is 5. The van der Waals surface area contributed by atoms with Crippen LogP contribution < -0.4 is 4.90 Å². The van der Waals surface area contributed by atoms with Gasteiger partial charge >= 0.3 is 0 Å². The van der Waals surface area contributed by atoms with Crippen LogP contribution in [0.1, 0.15) is 86.1 Å². The summed E-state index contributed by atoms with van der Waals surface area (Å²) in [6.07, 6.45) is 6.80. The summed E-state index contributed by atoms with van der Waals surface area (Å²) in [5.74, 6) is 2.62. The van der Waals surface area contributed by atoms with Gasteiger partial charge in [-0.3, -0.25) is 4.79 Å². The van der Waals surface area contributed by atoms with E-state index in [1.54, 1.807) is 0 Å². The lowest BCUT2D eigenvalue weighted by Crippen LogP contribution is -2.62. The van der Waals surface area contributed by atoms with Crippen molar-refractivity contribution in [2.75, 3.05) is 31.1 Å². The molecule has 4 rings (SSSR count). The van der Waals surface area contributed by atoms with E-state index >= 15 is 0 Å². The largest absolute Gasteiger partial charge is 0.370 e. The maximum absolute atomic E-state index is 12.7. The van der Waals surface area contributed by atoms with E-state index < -0.39 is 0 Å². The minimum absolute atomic E-state index is 0.420. The van der Waals surface area contributed by atoms with Crippen molar-refractivity contribution in [3.05, 3.63) is 29.8 Å². The van der Waals surface area contributed by atoms with E-state index in [2.05, 4.69) is 54.8 Å². The molecule has 3 heteroatoms. The minimum atomic E-state index is 0.420. The molecule has 2 heterocycles. The SMILES string of the molecule is CC.CC.CCc1ccc(N2CC3(CC(CC(=O)N4CCC(C(C)C)CC4)C3)C2)cc1. The summed E-state index contributed by atoms with van der Waals surface area (Å²) in [5.41, 5.74) is 3.29. The number of anilines is 1. The normalized spacial score (nSPS) is 20.3. The number of aryl methyl sites for hydroxylation is 1. The molecule has 176 valence electrons. The van der Waals surface area contributed by atoms with Gasteiger partial charge in [0.15, 0.2) is 0 Å². The zero-order chi connectivity index (χ0) is 23.0. The van der Waals surface area contributed by atoms with Crippen molar-refractivity contribution < 1.29 is 4.79 Å². The van der Waals surface area contributed by atoms with E-state index in [1.807, 2.05) is 27.7 Å². The first kappa shape index (κ1) is 25.7. The second kappa shape index (κ2) is 11.9. The third kappa shape index (κ3) is 6.26. The molecule has 2 aliphatic heterocycles. The van der Waals surface area contributed by atoms with Crippen molar-refractivity contribution in [1.82, 2.24) is 4.90 Å². The van der Waals surface area contributed by atoms with Crippen LogP contribution in [0.15, 0.2) is 24.3 Å². The van der Waals surface area contributed by atoms with Crippen LogP contribution >= 0.6 is 0 Å². The summed E-state index contributed by atoms with van der Waals surface area (Å²) in [6, 6.07) is 9.05. The molecule has 0 atom stereocenters. The molecular formula is C28H48N2O. The quantitative estimate of drug-likeness (QED) is 0.515. The van der Waals surface area contributed by atoms with Gasteiger partial charge in [0.2, 0.25) is 5.91 Å². The first-order valence-corrected chi connectivity index (χ1v) is 13.1. The Kier molecular flexibility index (Phi) is 9.90. The van der Waals surface area contributed by atoms with Crippen LogP contribution in [0.2, 0.25) is 0 Å². The summed E-state index contributed by atoms with van der Waals surface area (Å²) in [6.45, 7) is 19.2. The number of carbonyl (C=O) groups is 1. The highest BCUT2D eigenvalue weighted by molar-refractivity contribution is 5.76. The van der Waals surface area contributed by atoms with Gasteiger partial charge in [0, 0.05) is 43.7 Å². The van der Waals surface area contributed by atoms with Crippen LogP contribution in [0.5, 0.6) is 0 Å². The lowest BCUT2D eigenvalue weighted by Gasteiger charge is -2.60. The highest BCUT2D eigenvalue weighted by atomic mass is 16.2. The molecule has 1 spiro atoms. The number of piperidine rings is 1. The van der Waals surface area contributed by atoms with Crippen molar-refractivity contribution in [3.8, 4) is 0 Å². The predicted molar refractivity (Wildman–Crippen MR) is 135 cm³/mol. The summed E-state index contributed by atoms with van der Waals surface area (Å²) in [5, 5.41) is 0. The highest BCUT2D eigenvalue weighted by Crippen LogP contribution is 2.54. The van der Waals surface area contributed by atoms with E-state index in [0.717, 1.165) is 37.8 Å². The molecule has 0 bridgehead atoms. The number of likely N-dealkylation sites (tertiary alicyclic amines) is 1. The fraction of sp³-hybridized carbons (Fsp3) is 0.750. The maximum Gasteiger partial charge on any atom is 0.222 e. The van der Waals surface area contributed by atoms with Crippen LogP contribution in [0, 0.1) is 23.2 Å². The van der Waals surface area contributed by atoms with Crippen LogP contribution in [0.4, 0.5) is 5.69 Å². The first-order chi connectivity index (χ1) is 15.0. The molecule has 3 nitrogen and oxygen atoms in total. The van der Waals surface area contributed by atoms with Crippen molar-refractivity contribution in [2.24, 2.45) is 23.2 Å². The zero-order valence-electron chi connectivity index (χ0n) is 21.4. The molecule has 31 heavy (non-hydrogen) atoms. The number of nitrogens with zero attached hydrogens (tertiary/aromatic N) is 2. The highest BCUT2D eigenvalue weighted by Gasteiger charge is 2.52. The second-order valence-electron chi connectivity index (χ2n) is 9.82. The summed E-state index contributed by atoms with van der Waals surface area (Å²) in [7, 11) is 0. The molecule has 0 N–H and O–H groups in total. The monoisotopic (exact) mass is 428 g/mol. The van der Waals surface area contributed by atoms with Gasteiger partial charge in [0.05, 0.1) is 0 Å². The van der Waals surface area contributed by atoms with Crippen LogP contribution in [-0.4, -0.2) is 37.0 Å². The summed E-state index contributed by atoms with van der Waals surface area (Å²) in [4.78, 5) is 17.3. The van der Waals surface area contributed by atoms with Gasteiger partial charge in [-0.15, -0.1) is 0 Å². The van der Waals surface area contributed by atoms with Crippen LogP contribution in [-0.2, 0) is 11.2 Å². The summed E-state index contributed by atoms with van der Waals surface area (Å²) >= 11 is 0. The third-order valence-electron chi connectivity index (χ3n) is 7.50. The molecule has 1 aromatic rings. The van der Waals surface area contributed by atoms with Crippen LogP contribution in [0.3, 0.4) is 0 Å².